The summed E-state index contributed by atoms with van der Waals surface area (Å²) in [5.74, 6) is -0.565. The third-order valence-electron chi connectivity index (χ3n) is 5.42. The summed E-state index contributed by atoms with van der Waals surface area (Å²) in [6.07, 6.45) is 1.55. The molecule has 2 N–H and O–H groups in total. The van der Waals surface area contributed by atoms with Crippen molar-refractivity contribution >= 4 is 60.5 Å². The van der Waals surface area contributed by atoms with Crippen LogP contribution in [-0.4, -0.2) is 40.1 Å². The molecule has 1 aliphatic heterocycles. The Bertz CT molecular complexity index is 1470. The second kappa shape index (κ2) is 10.2. The molecule has 4 rings (SSSR count). The Hall–Kier alpha value is -2.63. The maximum absolute atomic E-state index is 12.9. The van der Waals surface area contributed by atoms with Crippen LogP contribution in [0.5, 0.6) is 0 Å². The lowest BCUT2D eigenvalue weighted by Crippen LogP contribution is -2.28. The second-order valence-corrected chi connectivity index (χ2v) is 12.2. The average molecular weight is 554 g/mol. The van der Waals surface area contributed by atoms with Gasteiger partial charge in [0.15, 0.2) is 0 Å². The lowest BCUT2D eigenvalue weighted by atomic mass is 10.2. The highest BCUT2D eigenvalue weighted by molar-refractivity contribution is 7.92. The molecule has 8 nitrogen and oxygen atoms in total. The third kappa shape index (κ3) is 5.62. The van der Waals surface area contributed by atoms with E-state index in [1.54, 1.807) is 24.3 Å². The van der Waals surface area contributed by atoms with Crippen molar-refractivity contribution in [3.63, 3.8) is 0 Å². The van der Waals surface area contributed by atoms with Crippen molar-refractivity contribution in [1.29, 1.82) is 0 Å². The predicted octanol–water partition coefficient (Wildman–Crippen LogP) is 4.83. The molecule has 0 aliphatic carbocycles. The average Bonchev–Trinajstić information content (AvgIpc) is 3.37. The van der Waals surface area contributed by atoms with Crippen LogP contribution < -0.4 is 10.0 Å². The number of nitrogens with one attached hydrogen (secondary N) is 2. The first-order chi connectivity index (χ1) is 16.6. The van der Waals surface area contributed by atoms with E-state index in [2.05, 4.69) is 10.0 Å². The first-order valence-electron chi connectivity index (χ1n) is 10.6. The molecule has 3 aromatic rings. The third-order valence-corrected chi connectivity index (χ3v) is 9.51. The number of anilines is 2. The van der Waals surface area contributed by atoms with Crippen molar-refractivity contribution in [2.75, 3.05) is 23.1 Å². The van der Waals surface area contributed by atoms with Gasteiger partial charge in [-0.2, -0.15) is 4.31 Å². The molecule has 1 aliphatic rings. The zero-order chi connectivity index (χ0) is 25.2. The second-order valence-electron chi connectivity index (χ2n) is 7.82. The van der Waals surface area contributed by atoms with Gasteiger partial charge in [0, 0.05) is 24.3 Å². The first-order valence-corrected chi connectivity index (χ1v) is 14.2. The first kappa shape index (κ1) is 25.5. The highest BCUT2D eigenvalue weighted by Gasteiger charge is 2.29. The van der Waals surface area contributed by atoms with Crippen LogP contribution in [0.4, 0.5) is 11.4 Å². The summed E-state index contributed by atoms with van der Waals surface area (Å²) in [5, 5.41) is 2.93. The summed E-state index contributed by atoms with van der Waals surface area (Å²) >= 11 is 12.2. The standard InChI is InChI=1S/C23H21Cl2N3O5S2/c24-19-5-1-2-6-21(19)27-34(30,31)18-10-8-17(9-11-18)26-23(29)16-7-12-20(25)22(15-16)35(32,33)28-13-3-4-14-28/h1-2,5-12,15,27H,3-4,13-14H2,(H,26,29). The van der Waals surface area contributed by atoms with Gasteiger partial charge >= 0.3 is 0 Å². The number of para-hydroxylation sites is 1. The Balaban J connectivity index is 1.50. The Labute approximate surface area is 214 Å². The Morgan fingerprint density at radius 2 is 1.49 bits per heavy atom. The van der Waals surface area contributed by atoms with E-state index in [4.69, 9.17) is 23.2 Å². The van der Waals surface area contributed by atoms with Crippen molar-refractivity contribution in [3.8, 4) is 0 Å². The summed E-state index contributed by atoms with van der Waals surface area (Å²) in [5.41, 5.74) is 0.670. The van der Waals surface area contributed by atoms with Gasteiger partial charge in [0.1, 0.15) is 4.90 Å². The van der Waals surface area contributed by atoms with Gasteiger partial charge in [0.25, 0.3) is 15.9 Å². The molecule has 0 radical (unpaired) electrons. The SMILES string of the molecule is O=C(Nc1ccc(S(=O)(=O)Nc2ccccc2Cl)cc1)c1ccc(Cl)c(S(=O)(=O)N2CCCC2)c1. The van der Waals surface area contributed by atoms with E-state index in [0.717, 1.165) is 12.8 Å². The molecule has 1 fully saturated rings. The van der Waals surface area contributed by atoms with Crippen LogP contribution in [0.25, 0.3) is 0 Å². The number of halogens is 2. The topological polar surface area (TPSA) is 113 Å². The van der Waals surface area contributed by atoms with E-state index < -0.39 is 26.0 Å². The van der Waals surface area contributed by atoms with E-state index in [1.807, 2.05) is 0 Å². The quantitative estimate of drug-likeness (QED) is 0.435. The maximum atomic E-state index is 12.9. The van der Waals surface area contributed by atoms with Crippen LogP contribution in [0.1, 0.15) is 23.2 Å². The molecule has 1 heterocycles. The lowest BCUT2D eigenvalue weighted by molar-refractivity contribution is 0.102. The number of sulfonamides is 2. The van der Waals surface area contributed by atoms with Crippen LogP contribution in [0.15, 0.2) is 76.5 Å². The summed E-state index contributed by atoms with van der Waals surface area (Å²) < 4.78 is 54.9. The van der Waals surface area contributed by atoms with Crippen LogP contribution in [-0.2, 0) is 20.0 Å². The van der Waals surface area contributed by atoms with Crippen molar-refractivity contribution in [2.45, 2.75) is 22.6 Å². The van der Waals surface area contributed by atoms with Gasteiger partial charge in [-0.1, -0.05) is 35.3 Å². The molecule has 1 amide bonds. The highest BCUT2D eigenvalue weighted by atomic mass is 35.5. The normalized spacial score (nSPS) is 14.6. The van der Waals surface area contributed by atoms with E-state index in [1.165, 1.54) is 46.8 Å². The molecule has 0 saturated carbocycles. The van der Waals surface area contributed by atoms with Gasteiger partial charge in [-0.3, -0.25) is 9.52 Å². The molecule has 0 spiro atoms. The fraction of sp³-hybridized carbons (Fsp3) is 0.174. The highest BCUT2D eigenvalue weighted by Crippen LogP contribution is 2.29. The van der Waals surface area contributed by atoms with Crippen molar-refractivity contribution < 1.29 is 21.6 Å². The van der Waals surface area contributed by atoms with Gasteiger partial charge in [0.05, 0.1) is 20.6 Å². The minimum Gasteiger partial charge on any atom is -0.322 e. The molecule has 12 heteroatoms. The molecule has 0 aromatic heterocycles. The van der Waals surface area contributed by atoms with E-state index in [-0.39, 0.29) is 31.1 Å². The van der Waals surface area contributed by atoms with Crippen molar-refractivity contribution in [1.82, 2.24) is 4.31 Å². The van der Waals surface area contributed by atoms with E-state index in [9.17, 15) is 21.6 Å². The predicted molar refractivity (Wildman–Crippen MR) is 136 cm³/mol. The summed E-state index contributed by atoms with van der Waals surface area (Å²) in [4.78, 5) is 12.6. The van der Waals surface area contributed by atoms with Gasteiger partial charge in [-0.05, 0) is 67.4 Å². The fourth-order valence-electron chi connectivity index (χ4n) is 3.58. The number of nitrogens with zero attached hydrogens (tertiary/aromatic N) is 1. The molecular weight excluding hydrogens is 533 g/mol. The van der Waals surface area contributed by atoms with E-state index in [0.29, 0.717) is 18.8 Å². The van der Waals surface area contributed by atoms with Crippen LogP contribution >= 0.6 is 23.2 Å². The van der Waals surface area contributed by atoms with Crippen LogP contribution in [0.2, 0.25) is 10.0 Å². The minimum atomic E-state index is -3.90. The molecule has 184 valence electrons. The van der Waals surface area contributed by atoms with Crippen molar-refractivity contribution in [3.05, 3.63) is 82.3 Å². The number of amides is 1. The van der Waals surface area contributed by atoms with Gasteiger partial charge in [-0.25, -0.2) is 16.8 Å². The Morgan fingerprint density at radius 1 is 0.829 bits per heavy atom. The number of carbonyl (C=O) groups excluding carboxylic acids is 1. The molecule has 0 unspecified atom stereocenters. The number of hydrogen-bond acceptors (Lipinski definition) is 5. The zero-order valence-corrected chi connectivity index (χ0v) is 21.4. The van der Waals surface area contributed by atoms with Gasteiger partial charge in [-0.15, -0.1) is 0 Å². The molecular formula is C23H21Cl2N3O5S2. The minimum absolute atomic E-state index is 0.0269. The van der Waals surface area contributed by atoms with E-state index >= 15 is 0 Å². The van der Waals surface area contributed by atoms with Crippen molar-refractivity contribution in [2.24, 2.45) is 0 Å². The van der Waals surface area contributed by atoms with Gasteiger partial charge < -0.3 is 5.32 Å². The van der Waals surface area contributed by atoms with Gasteiger partial charge in [0.2, 0.25) is 10.0 Å². The monoisotopic (exact) mass is 553 g/mol. The summed E-state index contributed by atoms with van der Waals surface area (Å²) in [6.45, 7) is 0.825. The summed E-state index contributed by atoms with van der Waals surface area (Å²) in [7, 11) is -7.71. The molecule has 3 aromatic carbocycles. The molecule has 1 saturated heterocycles. The fourth-order valence-corrected chi connectivity index (χ4v) is 6.91. The smallest absolute Gasteiger partial charge is 0.261 e. The number of rotatable bonds is 7. The number of carbonyl (C=O) groups is 1. The zero-order valence-electron chi connectivity index (χ0n) is 18.2. The lowest BCUT2D eigenvalue weighted by Gasteiger charge is -2.17. The largest absolute Gasteiger partial charge is 0.322 e. The maximum Gasteiger partial charge on any atom is 0.261 e. The number of hydrogen-bond donors (Lipinski definition) is 2. The Morgan fingerprint density at radius 3 is 2.14 bits per heavy atom. The van der Waals surface area contributed by atoms with Crippen LogP contribution in [0.3, 0.4) is 0 Å². The molecule has 0 bridgehead atoms. The van der Waals surface area contributed by atoms with Crippen LogP contribution in [0, 0.1) is 0 Å². The summed E-state index contributed by atoms with van der Waals surface area (Å²) in [6, 6.07) is 16.0. The molecule has 35 heavy (non-hydrogen) atoms. The number of benzene rings is 3. The molecule has 0 atom stereocenters. The Kier molecular flexibility index (Phi) is 7.39.